The van der Waals surface area contributed by atoms with Crippen LogP contribution in [0.1, 0.15) is 30.7 Å². The molecular formula is C25H32ClN3O3. The highest BCUT2D eigenvalue weighted by molar-refractivity contribution is 6.30. The van der Waals surface area contributed by atoms with E-state index in [4.69, 9.17) is 21.1 Å². The Morgan fingerprint density at radius 1 is 1.09 bits per heavy atom. The molecular weight excluding hydrogens is 426 g/mol. The SMILES string of the molecule is COc1ccc(C2CN(CC3CCOCC3)CCC2NC(=O)Nc2ccc(Cl)cc2)cc1. The molecule has 6 nitrogen and oxygen atoms in total. The number of benzene rings is 2. The summed E-state index contributed by atoms with van der Waals surface area (Å²) in [6.45, 7) is 4.75. The van der Waals surface area contributed by atoms with Crippen molar-refractivity contribution in [2.45, 2.75) is 31.2 Å². The maximum absolute atomic E-state index is 12.7. The molecule has 2 aromatic rings. The van der Waals surface area contributed by atoms with Crippen molar-refractivity contribution in [1.82, 2.24) is 10.2 Å². The number of likely N-dealkylation sites (tertiary alicyclic amines) is 1. The van der Waals surface area contributed by atoms with Crippen LogP contribution in [0.3, 0.4) is 0 Å². The van der Waals surface area contributed by atoms with Gasteiger partial charge in [-0.2, -0.15) is 0 Å². The molecule has 2 aliphatic heterocycles. The monoisotopic (exact) mass is 457 g/mol. The number of anilines is 1. The molecule has 0 bridgehead atoms. The number of carbonyl (C=O) groups is 1. The molecule has 0 aliphatic carbocycles. The van der Waals surface area contributed by atoms with Crippen LogP contribution in [0.5, 0.6) is 5.75 Å². The van der Waals surface area contributed by atoms with E-state index in [2.05, 4.69) is 27.7 Å². The third-order valence-electron chi connectivity index (χ3n) is 6.52. The van der Waals surface area contributed by atoms with Crippen LogP contribution in [0.4, 0.5) is 10.5 Å². The van der Waals surface area contributed by atoms with Gasteiger partial charge in [-0.05, 0) is 67.1 Å². The van der Waals surface area contributed by atoms with E-state index >= 15 is 0 Å². The molecule has 2 heterocycles. The summed E-state index contributed by atoms with van der Waals surface area (Å²) in [4.78, 5) is 15.3. The van der Waals surface area contributed by atoms with Crippen molar-refractivity contribution in [3.05, 3.63) is 59.1 Å². The average molecular weight is 458 g/mol. The number of urea groups is 1. The summed E-state index contributed by atoms with van der Waals surface area (Å²) in [5, 5.41) is 6.80. The molecule has 2 aromatic carbocycles. The fourth-order valence-electron chi connectivity index (χ4n) is 4.71. The van der Waals surface area contributed by atoms with Crippen LogP contribution in [0.15, 0.2) is 48.5 Å². The maximum Gasteiger partial charge on any atom is 0.319 e. The van der Waals surface area contributed by atoms with Crippen LogP contribution in [-0.4, -0.2) is 56.9 Å². The van der Waals surface area contributed by atoms with Gasteiger partial charge in [-0.3, -0.25) is 0 Å². The Morgan fingerprint density at radius 2 is 1.81 bits per heavy atom. The largest absolute Gasteiger partial charge is 0.497 e. The number of piperidine rings is 1. The second-order valence-electron chi connectivity index (χ2n) is 8.70. The topological polar surface area (TPSA) is 62.8 Å². The second kappa shape index (κ2) is 11.0. The quantitative estimate of drug-likeness (QED) is 0.656. The summed E-state index contributed by atoms with van der Waals surface area (Å²) in [6, 6.07) is 15.3. The van der Waals surface area contributed by atoms with Gasteiger partial charge < -0.3 is 25.0 Å². The fraction of sp³-hybridized carbons (Fsp3) is 0.480. The Kier molecular flexibility index (Phi) is 7.90. The van der Waals surface area contributed by atoms with Gasteiger partial charge in [0.05, 0.1) is 7.11 Å². The first kappa shape index (κ1) is 22.9. The summed E-state index contributed by atoms with van der Waals surface area (Å²) < 4.78 is 10.9. The van der Waals surface area contributed by atoms with Crippen molar-refractivity contribution in [1.29, 1.82) is 0 Å². The molecule has 32 heavy (non-hydrogen) atoms. The van der Waals surface area contributed by atoms with Gasteiger partial charge in [-0.1, -0.05) is 23.7 Å². The Bertz CT molecular complexity index is 869. The normalized spacial score (nSPS) is 22.3. The Morgan fingerprint density at radius 3 is 2.50 bits per heavy atom. The number of hydrogen-bond donors (Lipinski definition) is 2. The summed E-state index contributed by atoms with van der Waals surface area (Å²) in [7, 11) is 1.68. The van der Waals surface area contributed by atoms with Crippen molar-refractivity contribution in [2.75, 3.05) is 45.3 Å². The highest BCUT2D eigenvalue weighted by Crippen LogP contribution is 2.30. The molecule has 2 fully saturated rings. The summed E-state index contributed by atoms with van der Waals surface area (Å²) in [6.07, 6.45) is 3.18. The van der Waals surface area contributed by atoms with Crippen LogP contribution in [0, 0.1) is 5.92 Å². The number of nitrogens with one attached hydrogen (secondary N) is 2. The number of rotatable bonds is 6. The lowest BCUT2D eigenvalue weighted by Gasteiger charge is -2.41. The molecule has 2 saturated heterocycles. The third-order valence-corrected chi connectivity index (χ3v) is 6.77. The maximum atomic E-state index is 12.7. The third kappa shape index (κ3) is 6.15. The van der Waals surface area contributed by atoms with Crippen LogP contribution in [-0.2, 0) is 4.74 Å². The van der Waals surface area contributed by atoms with Crippen molar-refractivity contribution < 1.29 is 14.3 Å². The van der Waals surface area contributed by atoms with Crippen LogP contribution < -0.4 is 15.4 Å². The average Bonchev–Trinajstić information content (AvgIpc) is 2.82. The van der Waals surface area contributed by atoms with Gasteiger partial charge in [0.2, 0.25) is 0 Å². The molecule has 0 spiro atoms. The van der Waals surface area contributed by atoms with E-state index in [1.165, 1.54) is 5.56 Å². The minimum Gasteiger partial charge on any atom is -0.497 e. The first-order chi connectivity index (χ1) is 15.6. The highest BCUT2D eigenvalue weighted by Gasteiger charge is 2.32. The van der Waals surface area contributed by atoms with Crippen LogP contribution in [0.25, 0.3) is 0 Å². The van der Waals surface area contributed by atoms with E-state index in [9.17, 15) is 4.79 Å². The molecule has 2 atom stereocenters. The molecule has 2 N–H and O–H groups in total. The van der Waals surface area contributed by atoms with E-state index in [1.54, 1.807) is 31.4 Å². The molecule has 0 saturated carbocycles. The molecule has 7 heteroatoms. The first-order valence-electron chi connectivity index (χ1n) is 11.4. The number of nitrogens with zero attached hydrogens (tertiary/aromatic N) is 1. The number of ether oxygens (including phenoxy) is 2. The number of halogens is 1. The van der Waals surface area contributed by atoms with Gasteiger partial charge in [-0.25, -0.2) is 4.79 Å². The summed E-state index contributed by atoms with van der Waals surface area (Å²) in [5.41, 5.74) is 1.95. The Balaban J connectivity index is 1.43. The van der Waals surface area contributed by atoms with Crippen molar-refractivity contribution in [3.63, 3.8) is 0 Å². The molecule has 2 unspecified atom stereocenters. The minimum atomic E-state index is -0.186. The molecule has 4 rings (SSSR count). The van der Waals surface area contributed by atoms with Crippen LogP contribution in [0.2, 0.25) is 5.02 Å². The number of carbonyl (C=O) groups excluding carboxylic acids is 1. The van der Waals surface area contributed by atoms with Gasteiger partial charge >= 0.3 is 6.03 Å². The van der Waals surface area contributed by atoms with Crippen LogP contribution >= 0.6 is 11.6 Å². The van der Waals surface area contributed by atoms with E-state index in [0.29, 0.717) is 10.9 Å². The smallest absolute Gasteiger partial charge is 0.319 e. The fourth-order valence-corrected chi connectivity index (χ4v) is 4.84. The standard InChI is InChI=1S/C25H32ClN3O3/c1-31-22-8-2-19(3-9-22)23-17-29(16-18-11-14-32-15-12-18)13-10-24(23)28-25(30)27-21-6-4-20(26)5-7-21/h2-9,18,23-24H,10-17H2,1H3,(H2,27,28,30). The summed E-state index contributed by atoms with van der Waals surface area (Å²) in [5.74, 6) is 1.75. The lowest BCUT2D eigenvalue weighted by atomic mass is 9.85. The van der Waals surface area contributed by atoms with E-state index in [0.717, 1.165) is 63.5 Å². The van der Waals surface area contributed by atoms with Crippen molar-refractivity contribution >= 4 is 23.3 Å². The van der Waals surface area contributed by atoms with Gasteiger partial charge in [0.25, 0.3) is 0 Å². The van der Waals surface area contributed by atoms with Gasteiger partial charge in [-0.15, -0.1) is 0 Å². The molecule has 2 amide bonds. The zero-order chi connectivity index (χ0) is 22.3. The first-order valence-corrected chi connectivity index (χ1v) is 11.8. The van der Waals surface area contributed by atoms with E-state index in [1.807, 2.05) is 12.1 Å². The highest BCUT2D eigenvalue weighted by atomic mass is 35.5. The number of amides is 2. The number of methoxy groups -OCH3 is 1. The van der Waals surface area contributed by atoms with Gasteiger partial charge in [0.15, 0.2) is 0 Å². The lowest BCUT2D eigenvalue weighted by molar-refractivity contribution is 0.0463. The minimum absolute atomic E-state index is 0.0571. The molecule has 172 valence electrons. The van der Waals surface area contributed by atoms with Gasteiger partial charge in [0.1, 0.15) is 5.75 Å². The predicted octanol–water partition coefficient (Wildman–Crippen LogP) is 4.75. The second-order valence-corrected chi connectivity index (χ2v) is 9.13. The zero-order valence-corrected chi connectivity index (χ0v) is 19.3. The predicted molar refractivity (Wildman–Crippen MR) is 128 cm³/mol. The van der Waals surface area contributed by atoms with Crippen molar-refractivity contribution in [2.24, 2.45) is 5.92 Å². The zero-order valence-electron chi connectivity index (χ0n) is 18.6. The van der Waals surface area contributed by atoms with E-state index in [-0.39, 0.29) is 18.0 Å². The summed E-state index contributed by atoms with van der Waals surface area (Å²) >= 11 is 5.95. The number of hydrogen-bond acceptors (Lipinski definition) is 4. The van der Waals surface area contributed by atoms with Crippen molar-refractivity contribution in [3.8, 4) is 5.75 Å². The lowest BCUT2D eigenvalue weighted by Crippen LogP contribution is -2.51. The molecule has 2 aliphatic rings. The molecule has 0 aromatic heterocycles. The Labute approximate surface area is 195 Å². The molecule has 0 radical (unpaired) electrons. The van der Waals surface area contributed by atoms with Gasteiger partial charge in [0, 0.05) is 55.5 Å². The Hall–Kier alpha value is -2.28. The van der Waals surface area contributed by atoms with E-state index < -0.39 is 0 Å².